The molecule has 102 valence electrons. The molecule has 20 heavy (non-hydrogen) atoms. The van der Waals surface area contributed by atoms with Crippen molar-refractivity contribution in [3.8, 4) is 6.07 Å². The first-order valence-corrected chi connectivity index (χ1v) is 7.39. The van der Waals surface area contributed by atoms with Gasteiger partial charge in [-0.1, -0.05) is 6.07 Å². The number of rotatable bonds is 5. The van der Waals surface area contributed by atoms with Gasteiger partial charge in [0, 0.05) is 22.8 Å². The summed E-state index contributed by atoms with van der Waals surface area (Å²) in [6.07, 6.45) is 0.606. The number of halogens is 1. The number of carbonyl (C=O) groups is 1. The van der Waals surface area contributed by atoms with Gasteiger partial charge in [-0.3, -0.25) is 0 Å². The van der Waals surface area contributed by atoms with E-state index < -0.39 is 5.97 Å². The number of carboxylic acids is 1. The molecule has 0 aliphatic heterocycles. The quantitative estimate of drug-likeness (QED) is 0.864. The van der Waals surface area contributed by atoms with E-state index in [1.165, 1.54) is 16.7 Å². The van der Waals surface area contributed by atoms with Gasteiger partial charge >= 0.3 is 5.97 Å². The molecular weight excluding hydrogens is 342 g/mol. The normalized spacial score (nSPS) is 10.0. The Labute approximate surface area is 128 Å². The van der Waals surface area contributed by atoms with Gasteiger partial charge in [-0.25, -0.2) is 9.78 Å². The molecule has 1 aromatic carbocycles. The summed E-state index contributed by atoms with van der Waals surface area (Å²) in [7, 11) is 0. The highest BCUT2D eigenvalue weighted by molar-refractivity contribution is 9.10. The number of carboxylic acid groups (broad SMARTS) is 1. The standard InChI is InChI=1S/C13H10BrN3O2S/c14-9-2-1-3-10(8(9)6-15)16-5-4-12-17-11(7-20-12)13(18)19/h1-3,7,16H,4-5H2,(H,18,19). The van der Waals surface area contributed by atoms with E-state index in [4.69, 9.17) is 10.4 Å². The third-order valence-electron chi connectivity index (χ3n) is 2.55. The van der Waals surface area contributed by atoms with Gasteiger partial charge in [0.25, 0.3) is 0 Å². The summed E-state index contributed by atoms with van der Waals surface area (Å²) in [4.78, 5) is 14.7. The minimum Gasteiger partial charge on any atom is -0.476 e. The molecule has 0 amide bonds. The van der Waals surface area contributed by atoms with Crippen molar-refractivity contribution in [3.63, 3.8) is 0 Å². The topological polar surface area (TPSA) is 86.0 Å². The molecule has 7 heteroatoms. The van der Waals surface area contributed by atoms with Crippen molar-refractivity contribution in [3.05, 3.63) is 44.3 Å². The van der Waals surface area contributed by atoms with Gasteiger partial charge in [-0.2, -0.15) is 5.26 Å². The van der Waals surface area contributed by atoms with Crippen LogP contribution in [0.2, 0.25) is 0 Å². The molecule has 0 spiro atoms. The Morgan fingerprint density at radius 1 is 1.55 bits per heavy atom. The predicted molar refractivity (Wildman–Crippen MR) is 80.1 cm³/mol. The monoisotopic (exact) mass is 351 g/mol. The first kappa shape index (κ1) is 14.5. The van der Waals surface area contributed by atoms with Crippen LogP contribution in [0.4, 0.5) is 5.69 Å². The van der Waals surface area contributed by atoms with E-state index in [2.05, 4.69) is 32.3 Å². The molecular formula is C13H10BrN3O2S. The molecule has 1 heterocycles. The van der Waals surface area contributed by atoms with Crippen molar-refractivity contribution >= 4 is 38.9 Å². The lowest BCUT2D eigenvalue weighted by atomic mass is 10.2. The van der Waals surface area contributed by atoms with Gasteiger partial charge in [0.1, 0.15) is 6.07 Å². The summed E-state index contributed by atoms with van der Waals surface area (Å²) in [5.74, 6) is -1.01. The van der Waals surface area contributed by atoms with Crippen molar-refractivity contribution in [1.29, 1.82) is 5.26 Å². The molecule has 2 aromatic rings. The van der Waals surface area contributed by atoms with E-state index >= 15 is 0 Å². The van der Waals surface area contributed by atoms with E-state index in [0.717, 1.165) is 15.2 Å². The molecule has 0 aliphatic carbocycles. The van der Waals surface area contributed by atoms with Crippen molar-refractivity contribution < 1.29 is 9.90 Å². The van der Waals surface area contributed by atoms with Crippen molar-refractivity contribution in [2.75, 3.05) is 11.9 Å². The first-order chi connectivity index (χ1) is 9.61. The molecule has 0 aliphatic rings. The summed E-state index contributed by atoms with van der Waals surface area (Å²) in [6, 6.07) is 7.61. The first-order valence-electron chi connectivity index (χ1n) is 5.72. The van der Waals surface area contributed by atoms with Crippen LogP contribution in [0.3, 0.4) is 0 Å². The zero-order valence-corrected chi connectivity index (χ0v) is 12.7. The van der Waals surface area contributed by atoms with E-state index in [1.54, 1.807) is 0 Å². The lowest BCUT2D eigenvalue weighted by molar-refractivity contribution is 0.0691. The second-order valence-electron chi connectivity index (χ2n) is 3.88. The Bertz CT molecular complexity index is 678. The molecule has 0 fully saturated rings. The maximum absolute atomic E-state index is 10.7. The maximum Gasteiger partial charge on any atom is 0.355 e. The number of nitrogens with one attached hydrogen (secondary N) is 1. The molecule has 0 radical (unpaired) electrons. The third-order valence-corrected chi connectivity index (χ3v) is 4.12. The van der Waals surface area contributed by atoms with Gasteiger partial charge < -0.3 is 10.4 Å². The summed E-state index contributed by atoms with van der Waals surface area (Å²) < 4.78 is 0.743. The Morgan fingerprint density at radius 2 is 2.35 bits per heavy atom. The Hall–Kier alpha value is -1.91. The molecule has 5 nitrogen and oxygen atoms in total. The van der Waals surface area contributed by atoms with Crippen molar-refractivity contribution in [2.24, 2.45) is 0 Å². The number of hydrogen-bond donors (Lipinski definition) is 2. The fraction of sp³-hybridized carbons (Fsp3) is 0.154. The molecule has 0 saturated carbocycles. The number of benzene rings is 1. The average molecular weight is 352 g/mol. The van der Waals surface area contributed by atoms with E-state index in [-0.39, 0.29) is 5.69 Å². The highest BCUT2D eigenvalue weighted by Gasteiger charge is 2.09. The Balaban J connectivity index is 1.98. The highest BCUT2D eigenvalue weighted by Crippen LogP contribution is 2.23. The third kappa shape index (κ3) is 3.35. The number of aromatic carboxylic acids is 1. The van der Waals surface area contributed by atoms with E-state index in [1.807, 2.05) is 18.2 Å². The van der Waals surface area contributed by atoms with Crippen LogP contribution in [0.1, 0.15) is 21.1 Å². The van der Waals surface area contributed by atoms with Crippen LogP contribution in [0.15, 0.2) is 28.1 Å². The number of thiazole rings is 1. The number of hydrogen-bond acceptors (Lipinski definition) is 5. The SMILES string of the molecule is N#Cc1c(Br)cccc1NCCc1nc(C(=O)O)cs1. The largest absolute Gasteiger partial charge is 0.476 e. The number of nitrogens with zero attached hydrogens (tertiary/aromatic N) is 2. The minimum atomic E-state index is -1.01. The second-order valence-corrected chi connectivity index (χ2v) is 5.68. The number of aromatic nitrogens is 1. The van der Waals surface area contributed by atoms with Gasteiger partial charge in [-0.15, -0.1) is 11.3 Å². The smallest absolute Gasteiger partial charge is 0.355 e. The Kier molecular flexibility index (Phi) is 4.71. The molecule has 0 unspecified atom stereocenters. The molecule has 1 aromatic heterocycles. The second kappa shape index (κ2) is 6.50. The molecule has 0 atom stereocenters. The predicted octanol–water partition coefficient (Wildman–Crippen LogP) is 3.13. The van der Waals surface area contributed by atoms with Crippen LogP contribution < -0.4 is 5.32 Å². The van der Waals surface area contributed by atoms with Gasteiger partial charge in [-0.05, 0) is 28.1 Å². The van der Waals surface area contributed by atoms with Crippen molar-refractivity contribution in [2.45, 2.75) is 6.42 Å². The van der Waals surface area contributed by atoms with E-state index in [9.17, 15) is 4.79 Å². The molecule has 2 rings (SSSR count). The fourth-order valence-electron chi connectivity index (χ4n) is 1.61. The summed E-state index contributed by atoms with van der Waals surface area (Å²) in [6.45, 7) is 0.581. The van der Waals surface area contributed by atoms with Crippen LogP contribution in [-0.4, -0.2) is 22.6 Å². The lowest BCUT2D eigenvalue weighted by Crippen LogP contribution is -2.06. The highest BCUT2D eigenvalue weighted by atomic mass is 79.9. The van der Waals surface area contributed by atoms with Crippen LogP contribution in [0.25, 0.3) is 0 Å². The number of anilines is 1. The van der Waals surface area contributed by atoms with Gasteiger partial charge in [0.15, 0.2) is 5.69 Å². The Morgan fingerprint density at radius 3 is 3.00 bits per heavy atom. The summed E-state index contributed by atoms with van der Waals surface area (Å²) in [5, 5.41) is 23.3. The van der Waals surface area contributed by atoms with Crippen LogP contribution in [-0.2, 0) is 6.42 Å². The van der Waals surface area contributed by atoms with Gasteiger partial charge in [0.2, 0.25) is 0 Å². The average Bonchev–Trinajstić information content (AvgIpc) is 2.88. The number of nitriles is 1. The minimum absolute atomic E-state index is 0.0742. The van der Waals surface area contributed by atoms with E-state index in [0.29, 0.717) is 18.5 Å². The summed E-state index contributed by atoms with van der Waals surface area (Å²) in [5.41, 5.74) is 1.37. The summed E-state index contributed by atoms with van der Waals surface area (Å²) >= 11 is 4.65. The van der Waals surface area contributed by atoms with Crippen molar-refractivity contribution in [1.82, 2.24) is 4.98 Å². The van der Waals surface area contributed by atoms with Crippen LogP contribution in [0.5, 0.6) is 0 Å². The van der Waals surface area contributed by atoms with Crippen LogP contribution >= 0.6 is 27.3 Å². The molecule has 0 saturated heterocycles. The molecule has 0 bridgehead atoms. The van der Waals surface area contributed by atoms with Gasteiger partial charge in [0.05, 0.1) is 16.3 Å². The lowest BCUT2D eigenvalue weighted by Gasteiger charge is -2.08. The maximum atomic E-state index is 10.7. The zero-order chi connectivity index (χ0) is 14.5. The molecule has 2 N–H and O–H groups in total. The zero-order valence-electron chi connectivity index (χ0n) is 10.3. The van der Waals surface area contributed by atoms with Crippen LogP contribution in [0, 0.1) is 11.3 Å². The fourth-order valence-corrected chi connectivity index (χ4v) is 2.84.